The fourth-order valence-electron chi connectivity index (χ4n) is 1.88. The van der Waals surface area contributed by atoms with E-state index in [2.05, 4.69) is 25.8 Å². The molecule has 1 rings (SSSR count). The summed E-state index contributed by atoms with van der Waals surface area (Å²) in [5.41, 5.74) is 0. The highest BCUT2D eigenvalue weighted by molar-refractivity contribution is 8.13. The van der Waals surface area contributed by atoms with E-state index in [0.29, 0.717) is 18.4 Å². The van der Waals surface area contributed by atoms with Crippen LogP contribution in [0.15, 0.2) is 4.99 Å². The molecule has 2 atom stereocenters. The first-order valence-corrected chi connectivity index (χ1v) is 6.95. The molecular formula is C12H21NO2S. The maximum absolute atomic E-state index is 11.6. The van der Waals surface area contributed by atoms with Crippen molar-refractivity contribution in [2.75, 3.05) is 12.4 Å². The van der Waals surface area contributed by atoms with Crippen molar-refractivity contribution < 1.29 is 9.53 Å². The summed E-state index contributed by atoms with van der Waals surface area (Å²) in [6.45, 7) is 8.75. The van der Waals surface area contributed by atoms with Crippen LogP contribution in [0.25, 0.3) is 0 Å². The molecule has 0 aromatic rings. The average molecular weight is 243 g/mol. The van der Waals surface area contributed by atoms with Crippen LogP contribution >= 0.6 is 11.8 Å². The number of esters is 1. The Hall–Kier alpha value is -0.510. The molecule has 0 radical (unpaired) electrons. The number of thioether (sulfide) groups is 1. The quantitative estimate of drug-likeness (QED) is 0.713. The molecule has 92 valence electrons. The van der Waals surface area contributed by atoms with Crippen LogP contribution in [0.3, 0.4) is 0 Å². The molecule has 0 aromatic heterocycles. The topological polar surface area (TPSA) is 38.7 Å². The van der Waals surface area contributed by atoms with E-state index in [0.717, 1.165) is 17.2 Å². The second-order valence-corrected chi connectivity index (χ2v) is 5.54. The molecule has 0 unspecified atom stereocenters. The number of carbonyl (C=O) groups excluding carboxylic acids is 1. The Kier molecular flexibility index (Phi) is 5.32. The molecule has 0 fully saturated rings. The summed E-state index contributed by atoms with van der Waals surface area (Å²) in [5.74, 6) is 1.81. The molecule has 0 saturated heterocycles. The van der Waals surface area contributed by atoms with Crippen LogP contribution in [0.4, 0.5) is 0 Å². The van der Waals surface area contributed by atoms with Crippen LogP contribution in [0.5, 0.6) is 0 Å². The van der Waals surface area contributed by atoms with Crippen molar-refractivity contribution in [1.82, 2.24) is 0 Å². The van der Waals surface area contributed by atoms with Crippen molar-refractivity contribution in [2.24, 2.45) is 16.8 Å². The third kappa shape index (κ3) is 3.24. The Morgan fingerprint density at radius 1 is 1.56 bits per heavy atom. The van der Waals surface area contributed by atoms with Gasteiger partial charge in [0.1, 0.15) is 6.04 Å². The molecule has 0 spiro atoms. The van der Waals surface area contributed by atoms with Crippen LogP contribution in [0.1, 0.15) is 34.1 Å². The Balaban J connectivity index is 2.68. The van der Waals surface area contributed by atoms with Gasteiger partial charge in [-0.2, -0.15) is 0 Å². The summed E-state index contributed by atoms with van der Waals surface area (Å²) in [5, 5.41) is 1.13. The standard InChI is InChI=1S/C12H21NO2S/c1-5-15-12(14)10-7-9(8(3)4)11(13-10)16-6-2/h8-10H,5-7H2,1-4H3/t9-,10+/m0/s1. The molecule has 0 bridgehead atoms. The normalized spacial score (nSPS) is 24.7. The highest BCUT2D eigenvalue weighted by atomic mass is 32.2. The molecule has 16 heavy (non-hydrogen) atoms. The largest absolute Gasteiger partial charge is 0.464 e. The van der Waals surface area contributed by atoms with Gasteiger partial charge in [0.05, 0.1) is 11.7 Å². The van der Waals surface area contributed by atoms with Crippen LogP contribution < -0.4 is 0 Å². The molecule has 0 saturated carbocycles. The highest BCUT2D eigenvalue weighted by Crippen LogP contribution is 2.32. The number of hydrogen-bond donors (Lipinski definition) is 0. The van der Waals surface area contributed by atoms with E-state index in [4.69, 9.17) is 4.74 Å². The minimum atomic E-state index is -0.263. The lowest BCUT2D eigenvalue weighted by Crippen LogP contribution is -2.21. The van der Waals surface area contributed by atoms with E-state index in [-0.39, 0.29) is 12.0 Å². The number of ether oxygens (including phenoxy) is 1. The number of carbonyl (C=O) groups is 1. The first kappa shape index (κ1) is 13.6. The lowest BCUT2D eigenvalue weighted by Gasteiger charge is -2.16. The molecule has 1 aliphatic rings. The van der Waals surface area contributed by atoms with Gasteiger partial charge in [-0.3, -0.25) is 4.99 Å². The van der Waals surface area contributed by atoms with E-state index >= 15 is 0 Å². The second kappa shape index (κ2) is 6.28. The Morgan fingerprint density at radius 2 is 2.25 bits per heavy atom. The van der Waals surface area contributed by atoms with E-state index in [1.54, 1.807) is 11.8 Å². The first-order valence-electron chi connectivity index (χ1n) is 5.97. The average Bonchev–Trinajstić information content (AvgIpc) is 2.63. The smallest absolute Gasteiger partial charge is 0.330 e. The Bertz CT molecular complexity index is 276. The third-order valence-corrected chi connectivity index (χ3v) is 3.73. The van der Waals surface area contributed by atoms with Crippen LogP contribution in [0.2, 0.25) is 0 Å². The molecule has 1 aliphatic heterocycles. The van der Waals surface area contributed by atoms with Gasteiger partial charge in [0.15, 0.2) is 0 Å². The molecule has 1 heterocycles. The van der Waals surface area contributed by atoms with Gasteiger partial charge in [0.2, 0.25) is 0 Å². The number of rotatable bonds is 4. The third-order valence-electron chi connectivity index (χ3n) is 2.73. The Labute approximate surface area is 102 Å². The highest BCUT2D eigenvalue weighted by Gasteiger charge is 2.34. The molecule has 4 heteroatoms. The molecule has 0 amide bonds. The zero-order valence-electron chi connectivity index (χ0n) is 10.5. The maximum Gasteiger partial charge on any atom is 0.330 e. The van der Waals surface area contributed by atoms with E-state index in [9.17, 15) is 4.79 Å². The van der Waals surface area contributed by atoms with Gasteiger partial charge in [0, 0.05) is 5.92 Å². The molecule has 0 N–H and O–H groups in total. The van der Waals surface area contributed by atoms with E-state index in [1.807, 2.05) is 6.92 Å². The minimum absolute atomic E-state index is 0.167. The summed E-state index contributed by atoms with van der Waals surface area (Å²) in [6, 6.07) is -0.263. The fourth-order valence-corrected chi connectivity index (χ4v) is 2.96. The van der Waals surface area contributed by atoms with Gasteiger partial charge in [-0.05, 0) is 25.0 Å². The lowest BCUT2D eigenvalue weighted by molar-refractivity contribution is -0.144. The minimum Gasteiger partial charge on any atom is -0.464 e. The number of aliphatic imine (C=N–C) groups is 1. The monoisotopic (exact) mass is 243 g/mol. The zero-order valence-corrected chi connectivity index (χ0v) is 11.3. The van der Waals surface area contributed by atoms with Crippen molar-refractivity contribution in [3.05, 3.63) is 0 Å². The predicted molar refractivity (Wildman–Crippen MR) is 68.9 cm³/mol. The molecular weight excluding hydrogens is 222 g/mol. The van der Waals surface area contributed by atoms with Crippen molar-refractivity contribution in [3.63, 3.8) is 0 Å². The number of nitrogens with zero attached hydrogens (tertiary/aromatic N) is 1. The van der Waals surface area contributed by atoms with Crippen LogP contribution in [-0.4, -0.2) is 29.4 Å². The lowest BCUT2D eigenvalue weighted by atomic mass is 9.93. The first-order chi connectivity index (χ1) is 7.60. The van der Waals surface area contributed by atoms with Gasteiger partial charge < -0.3 is 4.74 Å². The van der Waals surface area contributed by atoms with Gasteiger partial charge >= 0.3 is 5.97 Å². The summed E-state index contributed by atoms with van der Waals surface area (Å²) in [6.07, 6.45) is 0.818. The van der Waals surface area contributed by atoms with Crippen molar-refractivity contribution in [3.8, 4) is 0 Å². The summed E-state index contributed by atoms with van der Waals surface area (Å²) in [4.78, 5) is 16.1. The molecule has 3 nitrogen and oxygen atoms in total. The Morgan fingerprint density at radius 3 is 2.75 bits per heavy atom. The van der Waals surface area contributed by atoms with Crippen LogP contribution in [-0.2, 0) is 9.53 Å². The number of hydrogen-bond acceptors (Lipinski definition) is 4. The molecule has 0 aromatic carbocycles. The van der Waals surface area contributed by atoms with Gasteiger partial charge in [-0.15, -0.1) is 11.8 Å². The van der Waals surface area contributed by atoms with Crippen molar-refractivity contribution >= 4 is 22.8 Å². The van der Waals surface area contributed by atoms with E-state index in [1.165, 1.54) is 0 Å². The predicted octanol–water partition coefficient (Wildman–Crippen LogP) is 2.75. The summed E-state index contributed by atoms with van der Waals surface area (Å²) < 4.78 is 5.03. The fraction of sp³-hybridized carbons (Fsp3) is 0.833. The van der Waals surface area contributed by atoms with Crippen molar-refractivity contribution in [1.29, 1.82) is 0 Å². The van der Waals surface area contributed by atoms with Crippen molar-refractivity contribution in [2.45, 2.75) is 40.2 Å². The summed E-state index contributed by atoms with van der Waals surface area (Å²) >= 11 is 1.76. The SMILES string of the molecule is CCOC(=O)[C@H]1C[C@@H](C(C)C)C(SCC)=N1. The van der Waals surface area contributed by atoms with E-state index < -0.39 is 0 Å². The van der Waals surface area contributed by atoms with Gasteiger partial charge in [-0.1, -0.05) is 20.8 Å². The summed E-state index contributed by atoms with van der Waals surface area (Å²) in [7, 11) is 0. The second-order valence-electron chi connectivity index (χ2n) is 4.25. The van der Waals surface area contributed by atoms with Crippen LogP contribution in [0, 0.1) is 11.8 Å². The van der Waals surface area contributed by atoms with Gasteiger partial charge in [-0.25, -0.2) is 4.79 Å². The van der Waals surface area contributed by atoms with Gasteiger partial charge in [0.25, 0.3) is 0 Å². The zero-order chi connectivity index (χ0) is 12.1. The maximum atomic E-state index is 11.6. The molecule has 0 aliphatic carbocycles.